The molecule has 2 heterocycles. The highest BCUT2D eigenvalue weighted by atomic mass is 16.5. The van der Waals surface area contributed by atoms with Gasteiger partial charge in [-0.25, -0.2) is 0 Å². The van der Waals surface area contributed by atoms with Gasteiger partial charge >= 0.3 is 0 Å². The zero-order valence-electron chi connectivity index (χ0n) is 20.9. The number of aryl methyl sites for hydroxylation is 1. The molecule has 37 heavy (non-hydrogen) atoms. The van der Waals surface area contributed by atoms with E-state index in [9.17, 15) is 14.7 Å². The minimum Gasteiger partial charge on any atom is -0.507 e. The summed E-state index contributed by atoms with van der Waals surface area (Å²) in [5.41, 5.74) is 2.29. The van der Waals surface area contributed by atoms with Crippen LogP contribution in [0, 0.1) is 0 Å². The fourth-order valence-electron chi connectivity index (χ4n) is 4.89. The van der Waals surface area contributed by atoms with Gasteiger partial charge in [-0.15, -0.1) is 0 Å². The molecule has 8 heteroatoms. The predicted molar refractivity (Wildman–Crippen MR) is 140 cm³/mol. The Balaban J connectivity index is 1.83. The first-order valence-corrected chi connectivity index (χ1v) is 11.6. The lowest BCUT2D eigenvalue weighted by Crippen LogP contribution is -2.29. The number of fused-ring (bicyclic) bond motifs is 1. The number of nitrogens with zero attached hydrogens (tertiary/aromatic N) is 2. The highest BCUT2D eigenvalue weighted by Crippen LogP contribution is 2.46. The fourth-order valence-corrected chi connectivity index (χ4v) is 4.89. The van der Waals surface area contributed by atoms with E-state index in [1.807, 2.05) is 42.1 Å². The Morgan fingerprint density at radius 3 is 2.32 bits per heavy atom. The Bertz CT molecular complexity index is 1570. The molecule has 188 valence electrons. The Hall–Kier alpha value is -4.72. The molecule has 8 nitrogen and oxygen atoms in total. The van der Waals surface area contributed by atoms with Crippen LogP contribution in [0.5, 0.6) is 17.2 Å². The number of Topliss-reactive ketones (excluding diaryl/α,β-unsaturated/α-hetero) is 1. The lowest BCUT2D eigenvalue weighted by molar-refractivity contribution is -0.132. The van der Waals surface area contributed by atoms with Crippen LogP contribution in [-0.4, -0.2) is 42.7 Å². The molecule has 1 saturated heterocycles. The third-order valence-corrected chi connectivity index (χ3v) is 6.66. The van der Waals surface area contributed by atoms with E-state index in [1.165, 1.54) is 26.2 Å². The minimum absolute atomic E-state index is 0.0456. The van der Waals surface area contributed by atoms with Crippen LogP contribution in [0.15, 0.2) is 78.5 Å². The molecular formula is C29H26N2O6. The minimum atomic E-state index is -0.908. The Labute approximate surface area is 213 Å². The summed E-state index contributed by atoms with van der Waals surface area (Å²) in [7, 11) is 6.40. The second kappa shape index (κ2) is 9.39. The number of ketones is 1. The van der Waals surface area contributed by atoms with E-state index < -0.39 is 17.7 Å². The normalized spacial score (nSPS) is 16.9. The highest BCUT2D eigenvalue weighted by Gasteiger charge is 2.48. The second-order valence-corrected chi connectivity index (χ2v) is 8.65. The number of para-hydroxylation sites is 1. The summed E-state index contributed by atoms with van der Waals surface area (Å²) in [6.07, 6.45) is 1.88. The molecule has 1 N–H and O–H groups in total. The molecule has 0 radical (unpaired) electrons. The van der Waals surface area contributed by atoms with Gasteiger partial charge in [-0.3, -0.25) is 14.5 Å². The first kappa shape index (κ1) is 24.0. The van der Waals surface area contributed by atoms with Gasteiger partial charge in [0.25, 0.3) is 11.7 Å². The van der Waals surface area contributed by atoms with Gasteiger partial charge in [-0.05, 0) is 36.4 Å². The molecule has 1 amide bonds. The van der Waals surface area contributed by atoms with Gasteiger partial charge < -0.3 is 23.9 Å². The number of aliphatic hydroxyl groups excluding tert-OH is 1. The van der Waals surface area contributed by atoms with Crippen molar-refractivity contribution < 1.29 is 28.9 Å². The van der Waals surface area contributed by atoms with E-state index in [2.05, 4.69) is 0 Å². The molecule has 3 aromatic carbocycles. The molecule has 1 aromatic heterocycles. The number of ether oxygens (including phenoxy) is 3. The molecule has 1 atom stereocenters. The first-order valence-electron chi connectivity index (χ1n) is 11.6. The Morgan fingerprint density at radius 2 is 1.59 bits per heavy atom. The van der Waals surface area contributed by atoms with Crippen LogP contribution in [-0.2, 0) is 16.6 Å². The molecule has 0 bridgehead atoms. The second-order valence-electron chi connectivity index (χ2n) is 8.65. The topological polar surface area (TPSA) is 90.2 Å². The van der Waals surface area contributed by atoms with E-state index in [4.69, 9.17) is 14.2 Å². The summed E-state index contributed by atoms with van der Waals surface area (Å²) in [6.45, 7) is 0. The van der Waals surface area contributed by atoms with Crippen molar-refractivity contribution in [2.75, 3.05) is 26.2 Å². The van der Waals surface area contributed by atoms with Gasteiger partial charge in [-0.1, -0.05) is 24.3 Å². The number of amides is 1. The summed E-state index contributed by atoms with van der Waals surface area (Å²) < 4.78 is 18.1. The van der Waals surface area contributed by atoms with E-state index in [-0.39, 0.29) is 16.9 Å². The van der Waals surface area contributed by atoms with E-state index in [0.29, 0.717) is 28.5 Å². The third kappa shape index (κ3) is 3.87. The van der Waals surface area contributed by atoms with Crippen molar-refractivity contribution in [2.45, 2.75) is 6.04 Å². The number of methoxy groups -OCH3 is 3. The van der Waals surface area contributed by atoms with Gasteiger partial charge in [0, 0.05) is 41.5 Å². The monoisotopic (exact) mass is 498 g/mol. The zero-order chi connectivity index (χ0) is 26.3. The molecule has 0 aliphatic carbocycles. The van der Waals surface area contributed by atoms with Gasteiger partial charge in [0.2, 0.25) is 0 Å². The molecule has 1 aliphatic heterocycles. The SMILES string of the molecule is COc1cccc(N2C(=O)C(=O)/C(=C(/O)c3cc(OC)ccc3OC)C2c2cn(C)c3ccccc23)c1. The van der Waals surface area contributed by atoms with Crippen molar-refractivity contribution in [3.05, 3.63) is 89.6 Å². The number of hydrogen-bond acceptors (Lipinski definition) is 6. The Kier molecular flexibility index (Phi) is 6.09. The van der Waals surface area contributed by atoms with E-state index in [0.717, 1.165) is 10.9 Å². The summed E-state index contributed by atoms with van der Waals surface area (Å²) in [4.78, 5) is 28.6. The van der Waals surface area contributed by atoms with Crippen molar-refractivity contribution >= 4 is 34.0 Å². The number of rotatable bonds is 6. The lowest BCUT2D eigenvalue weighted by atomic mass is 9.94. The summed E-state index contributed by atoms with van der Waals surface area (Å²) >= 11 is 0. The number of anilines is 1. The van der Waals surface area contributed by atoms with Crippen molar-refractivity contribution in [3.8, 4) is 17.2 Å². The number of hydrogen-bond donors (Lipinski definition) is 1. The van der Waals surface area contributed by atoms with Crippen molar-refractivity contribution in [2.24, 2.45) is 7.05 Å². The molecule has 1 aliphatic rings. The van der Waals surface area contributed by atoms with Crippen molar-refractivity contribution in [3.63, 3.8) is 0 Å². The maximum absolute atomic E-state index is 13.6. The average molecular weight is 499 g/mol. The zero-order valence-corrected chi connectivity index (χ0v) is 20.9. The molecule has 0 spiro atoms. The van der Waals surface area contributed by atoms with E-state index in [1.54, 1.807) is 42.5 Å². The summed E-state index contributed by atoms with van der Waals surface area (Å²) in [5.74, 6) is -0.575. The summed E-state index contributed by atoms with van der Waals surface area (Å²) in [5, 5.41) is 12.5. The fraction of sp³-hybridized carbons (Fsp3) is 0.172. The maximum Gasteiger partial charge on any atom is 0.300 e. The van der Waals surface area contributed by atoms with Gasteiger partial charge in [0.15, 0.2) is 0 Å². The third-order valence-electron chi connectivity index (χ3n) is 6.66. The number of carbonyl (C=O) groups excluding carboxylic acids is 2. The molecule has 5 rings (SSSR count). The maximum atomic E-state index is 13.6. The molecule has 1 unspecified atom stereocenters. The number of aromatic nitrogens is 1. The van der Waals surface area contributed by atoms with Gasteiger partial charge in [0.1, 0.15) is 23.0 Å². The largest absolute Gasteiger partial charge is 0.507 e. The molecule has 1 fully saturated rings. The molecule has 0 saturated carbocycles. The van der Waals surface area contributed by atoms with Crippen LogP contribution in [0.2, 0.25) is 0 Å². The number of carbonyl (C=O) groups is 2. The standard InChI is InChI=1S/C29H26N2O6/c1-30-16-22(20-10-5-6-11-23(20)30)26-25(27(32)21-15-19(36-3)12-13-24(21)37-4)28(33)29(34)31(26)17-8-7-9-18(14-17)35-2/h5-16,26,32H,1-4H3/b27-25+. The van der Waals surface area contributed by atoms with E-state index >= 15 is 0 Å². The lowest BCUT2D eigenvalue weighted by Gasteiger charge is -2.25. The van der Waals surface area contributed by atoms with Gasteiger partial charge in [0.05, 0.1) is 38.5 Å². The van der Waals surface area contributed by atoms with Crippen LogP contribution in [0.4, 0.5) is 5.69 Å². The number of aliphatic hydroxyl groups is 1. The van der Waals surface area contributed by atoms with Crippen LogP contribution in [0.25, 0.3) is 16.7 Å². The van der Waals surface area contributed by atoms with Crippen molar-refractivity contribution in [1.29, 1.82) is 0 Å². The molecular weight excluding hydrogens is 472 g/mol. The first-order chi connectivity index (χ1) is 17.9. The summed E-state index contributed by atoms with van der Waals surface area (Å²) in [6, 6.07) is 18.6. The van der Waals surface area contributed by atoms with Crippen molar-refractivity contribution in [1.82, 2.24) is 4.57 Å². The smallest absolute Gasteiger partial charge is 0.300 e. The quantitative estimate of drug-likeness (QED) is 0.233. The Morgan fingerprint density at radius 1 is 0.865 bits per heavy atom. The average Bonchev–Trinajstić information content (AvgIpc) is 3.40. The highest BCUT2D eigenvalue weighted by molar-refractivity contribution is 6.52. The van der Waals surface area contributed by atoms with Crippen LogP contribution in [0.3, 0.4) is 0 Å². The van der Waals surface area contributed by atoms with Crippen LogP contribution in [0.1, 0.15) is 17.2 Å². The van der Waals surface area contributed by atoms with Crippen LogP contribution < -0.4 is 19.1 Å². The van der Waals surface area contributed by atoms with Gasteiger partial charge in [-0.2, -0.15) is 0 Å². The predicted octanol–water partition coefficient (Wildman–Crippen LogP) is 4.83. The van der Waals surface area contributed by atoms with Crippen LogP contribution >= 0.6 is 0 Å². The number of benzene rings is 3. The molecule has 4 aromatic rings.